The van der Waals surface area contributed by atoms with E-state index in [1.54, 1.807) is 33.0 Å². The zero-order valence-corrected chi connectivity index (χ0v) is 20.2. The largest absolute Gasteiger partial charge is 0.465 e. The number of hydrogen-bond acceptors (Lipinski definition) is 7. The van der Waals surface area contributed by atoms with Crippen LogP contribution in [0.4, 0.5) is 10.6 Å². The smallest absolute Gasteiger partial charge is 0.407 e. The van der Waals surface area contributed by atoms with Crippen molar-refractivity contribution < 1.29 is 14.7 Å². The van der Waals surface area contributed by atoms with Crippen molar-refractivity contribution in [3.63, 3.8) is 0 Å². The summed E-state index contributed by atoms with van der Waals surface area (Å²) in [5, 5.41) is 19.2. The van der Waals surface area contributed by atoms with E-state index in [1.165, 1.54) is 17.7 Å². The lowest BCUT2D eigenvalue weighted by Crippen LogP contribution is -2.48. The molecule has 0 unspecified atom stereocenters. The molecular formula is C23H29N7O3S. The Hall–Kier alpha value is -3.21. The number of rotatable bonds is 7. The normalized spacial score (nSPS) is 17.6. The van der Waals surface area contributed by atoms with E-state index in [9.17, 15) is 14.7 Å². The summed E-state index contributed by atoms with van der Waals surface area (Å²) in [5.41, 5.74) is 1.14. The average Bonchev–Trinajstić information content (AvgIpc) is 3.45. The first-order chi connectivity index (χ1) is 16.4. The summed E-state index contributed by atoms with van der Waals surface area (Å²) in [6.45, 7) is 5.42. The molecule has 1 saturated heterocycles. The Morgan fingerprint density at radius 3 is 2.71 bits per heavy atom. The van der Waals surface area contributed by atoms with Crippen LogP contribution in [0.5, 0.6) is 0 Å². The van der Waals surface area contributed by atoms with Gasteiger partial charge in [0, 0.05) is 49.4 Å². The Kier molecular flexibility index (Phi) is 6.11. The molecule has 2 amide bonds. The Morgan fingerprint density at radius 1 is 1.26 bits per heavy atom. The average molecular weight is 484 g/mol. The molecule has 0 aromatic carbocycles. The number of fused-ring (bicyclic) bond motifs is 1. The summed E-state index contributed by atoms with van der Waals surface area (Å²) in [4.78, 5) is 38.5. The molecule has 1 aliphatic carbocycles. The number of anilines is 1. The molecule has 5 rings (SSSR count). The molecule has 3 aromatic heterocycles. The molecule has 0 spiro atoms. The number of aromatic nitrogens is 4. The lowest BCUT2D eigenvalue weighted by atomic mass is 10.0. The Morgan fingerprint density at radius 2 is 2.03 bits per heavy atom. The van der Waals surface area contributed by atoms with Crippen molar-refractivity contribution in [2.45, 2.75) is 51.6 Å². The molecule has 2 N–H and O–H groups in total. The van der Waals surface area contributed by atoms with Crippen LogP contribution in [-0.2, 0) is 0 Å². The maximum atomic E-state index is 13.5. The van der Waals surface area contributed by atoms with E-state index in [2.05, 4.69) is 22.3 Å². The molecule has 2 fully saturated rings. The van der Waals surface area contributed by atoms with Crippen LogP contribution in [0.1, 0.15) is 50.0 Å². The highest BCUT2D eigenvalue weighted by atomic mass is 32.1. The Labute approximate surface area is 201 Å². The van der Waals surface area contributed by atoms with Crippen molar-refractivity contribution >= 4 is 34.0 Å². The van der Waals surface area contributed by atoms with Gasteiger partial charge in [-0.15, -0.1) is 11.3 Å². The van der Waals surface area contributed by atoms with Gasteiger partial charge < -0.3 is 20.2 Å². The van der Waals surface area contributed by atoms with Crippen molar-refractivity contribution in [2.75, 3.05) is 25.0 Å². The number of hydrogen-bond donors (Lipinski definition) is 2. The topological polar surface area (TPSA) is 116 Å². The van der Waals surface area contributed by atoms with Crippen LogP contribution in [0.3, 0.4) is 0 Å². The highest BCUT2D eigenvalue weighted by molar-refractivity contribution is 7.16. The van der Waals surface area contributed by atoms with Gasteiger partial charge in [-0.25, -0.2) is 19.3 Å². The minimum atomic E-state index is -0.908. The number of carbonyl (C=O) groups is 2. The zero-order chi connectivity index (χ0) is 23.8. The van der Waals surface area contributed by atoms with Crippen LogP contribution < -0.4 is 5.32 Å². The van der Waals surface area contributed by atoms with E-state index in [1.807, 2.05) is 18.5 Å². The number of nitrogens with zero attached hydrogens (tertiary/aromatic N) is 6. The zero-order valence-electron chi connectivity index (χ0n) is 19.3. The van der Waals surface area contributed by atoms with Crippen LogP contribution in [0, 0.1) is 5.92 Å². The van der Waals surface area contributed by atoms with Crippen molar-refractivity contribution in [1.29, 1.82) is 0 Å². The summed E-state index contributed by atoms with van der Waals surface area (Å²) in [5.74, 6) is 1.60. The Bertz CT molecular complexity index is 1200. The van der Waals surface area contributed by atoms with Crippen LogP contribution >= 0.6 is 11.3 Å². The SMILES string of the molecule is CCN(C(=O)O)C1CCN(C(=O)c2cc(N[C@@H](C)C3CC3)nc(-c3cnn4ccsc34)n2)CC1. The van der Waals surface area contributed by atoms with Crippen molar-refractivity contribution in [2.24, 2.45) is 5.92 Å². The lowest BCUT2D eigenvalue weighted by molar-refractivity contribution is 0.0617. The molecule has 0 bridgehead atoms. The van der Waals surface area contributed by atoms with E-state index in [0.717, 1.165) is 10.4 Å². The van der Waals surface area contributed by atoms with E-state index in [-0.39, 0.29) is 18.0 Å². The molecule has 3 aromatic rings. The van der Waals surface area contributed by atoms with E-state index in [4.69, 9.17) is 4.98 Å². The quantitative estimate of drug-likeness (QED) is 0.527. The molecule has 4 heterocycles. The van der Waals surface area contributed by atoms with Gasteiger partial charge in [0.2, 0.25) is 0 Å². The Balaban J connectivity index is 1.40. The van der Waals surface area contributed by atoms with Gasteiger partial charge in [0.05, 0.1) is 11.8 Å². The second kappa shape index (κ2) is 9.21. The highest BCUT2D eigenvalue weighted by Crippen LogP contribution is 2.34. The number of nitrogens with one attached hydrogen (secondary N) is 1. The van der Waals surface area contributed by atoms with Gasteiger partial charge in [0.1, 0.15) is 16.3 Å². The van der Waals surface area contributed by atoms with E-state index >= 15 is 0 Å². The van der Waals surface area contributed by atoms with Gasteiger partial charge in [0.15, 0.2) is 5.82 Å². The molecular weight excluding hydrogens is 454 g/mol. The van der Waals surface area contributed by atoms with Crippen molar-refractivity contribution in [1.82, 2.24) is 29.4 Å². The second-order valence-corrected chi connectivity index (χ2v) is 9.93. The van der Waals surface area contributed by atoms with E-state index < -0.39 is 6.09 Å². The highest BCUT2D eigenvalue weighted by Gasteiger charge is 2.31. The first-order valence-electron chi connectivity index (χ1n) is 11.8. The van der Waals surface area contributed by atoms with Crippen molar-refractivity contribution in [3.8, 4) is 11.4 Å². The predicted molar refractivity (Wildman–Crippen MR) is 129 cm³/mol. The fourth-order valence-electron chi connectivity index (χ4n) is 4.67. The number of thiazole rings is 1. The van der Waals surface area contributed by atoms with Crippen LogP contribution in [-0.4, -0.2) is 78.2 Å². The summed E-state index contributed by atoms with van der Waals surface area (Å²) in [6.07, 6.45) is 6.36. The standard InChI is InChI=1S/C23H29N7O3S/c1-3-29(23(32)33)16-6-8-28(9-7-16)21(31)18-12-19(25-14(2)15-4-5-15)27-20(26-18)17-13-24-30-10-11-34-22(17)30/h10-16H,3-9H2,1-2H3,(H,32,33)(H,25,26,27)/t14-/m0/s1. The van der Waals surface area contributed by atoms with Gasteiger partial charge in [-0.3, -0.25) is 4.79 Å². The first kappa shape index (κ1) is 22.6. The monoisotopic (exact) mass is 483 g/mol. The summed E-state index contributed by atoms with van der Waals surface area (Å²) < 4.78 is 1.78. The molecule has 0 radical (unpaired) electrons. The third-order valence-electron chi connectivity index (χ3n) is 6.80. The number of carbonyl (C=O) groups excluding carboxylic acids is 1. The molecule has 34 heavy (non-hydrogen) atoms. The molecule has 2 aliphatic rings. The second-order valence-electron chi connectivity index (χ2n) is 9.04. The number of likely N-dealkylation sites (tertiary alicyclic amines) is 1. The van der Waals surface area contributed by atoms with Crippen LogP contribution in [0.2, 0.25) is 0 Å². The minimum Gasteiger partial charge on any atom is -0.465 e. The molecule has 1 saturated carbocycles. The number of amides is 2. The summed E-state index contributed by atoms with van der Waals surface area (Å²) in [7, 11) is 0. The van der Waals surface area contributed by atoms with Crippen molar-refractivity contribution in [3.05, 3.63) is 29.5 Å². The van der Waals surface area contributed by atoms with Gasteiger partial charge in [-0.05, 0) is 45.4 Å². The molecule has 11 heteroatoms. The molecule has 1 aliphatic heterocycles. The number of carboxylic acid groups (broad SMARTS) is 1. The van der Waals surface area contributed by atoms with Gasteiger partial charge in [-0.2, -0.15) is 5.10 Å². The maximum absolute atomic E-state index is 13.5. The fourth-order valence-corrected chi connectivity index (χ4v) is 5.46. The molecule has 10 nitrogen and oxygen atoms in total. The number of piperidine rings is 1. The molecule has 180 valence electrons. The fraction of sp³-hybridized carbons (Fsp3) is 0.522. The van der Waals surface area contributed by atoms with Gasteiger partial charge in [0.25, 0.3) is 5.91 Å². The summed E-state index contributed by atoms with van der Waals surface area (Å²) in [6, 6.07) is 1.94. The van der Waals surface area contributed by atoms with Crippen LogP contribution in [0.15, 0.2) is 23.8 Å². The minimum absolute atomic E-state index is 0.0661. The molecule has 1 atom stereocenters. The van der Waals surface area contributed by atoms with Gasteiger partial charge in [-0.1, -0.05) is 0 Å². The first-order valence-corrected chi connectivity index (χ1v) is 12.7. The third kappa shape index (κ3) is 4.44. The van der Waals surface area contributed by atoms with E-state index in [0.29, 0.717) is 55.7 Å². The lowest BCUT2D eigenvalue weighted by Gasteiger charge is -2.36. The predicted octanol–water partition coefficient (Wildman–Crippen LogP) is 3.67. The summed E-state index contributed by atoms with van der Waals surface area (Å²) >= 11 is 1.55. The van der Waals surface area contributed by atoms with Gasteiger partial charge >= 0.3 is 6.09 Å². The maximum Gasteiger partial charge on any atom is 0.407 e. The third-order valence-corrected chi connectivity index (χ3v) is 7.69. The van der Waals surface area contributed by atoms with Crippen LogP contribution in [0.25, 0.3) is 16.2 Å².